The van der Waals surface area contributed by atoms with Crippen LogP contribution in [0, 0.1) is 29.1 Å². The predicted molar refractivity (Wildman–Crippen MR) is 57.6 cm³/mol. The van der Waals surface area contributed by atoms with E-state index in [4.69, 9.17) is 0 Å². The van der Waals surface area contributed by atoms with Crippen molar-refractivity contribution in [3.8, 4) is 5.75 Å². The lowest BCUT2D eigenvalue weighted by Gasteiger charge is -2.07. The lowest BCUT2D eigenvalue weighted by atomic mass is 10.2. The molecule has 0 aliphatic carbocycles. The van der Waals surface area contributed by atoms with E-state index in [1.165, 1.54) is 0 Å². The van der Waals surface area contributed by atoms with Gasteiger partial charge in [0.05, 0.1) is 5.56 Å². The third kappa shape index (κ3) is 2.61. The van der Waals surface area contributed by atoms with E-state index in [0.717, 1.165) is 24.3 Å². The molecule has 0 amide bonds. The van der Waals surface area contributed by atoms with Crippen LogP contribution in [0.2, 0.25) is 0 Å². The van der Waals surface area contributed by atoms with Crippen molar-refractivity contribution in [2.24, 2.45) is 0 Å². The first-order valence-electron chi connectivity index (χ1n) is 5.21. The summed E-state index contributed by atoms with van der Waals surface area (Å²) in [6.45, 7) is 0. The molecule has 0 saturated heterocycles. The predicted octanol–water partition coefficient (Wildman–Crippen LogP) is 3.60. The maximum absolute atomic E-state index is 13.3. The van der Waals surface area contributed by atoms with Crippen molar-refractivity contribution < 1.29 is 31.5 Å². The summed E-state index contributed by atoms with van der Waals surface area (Å²) in [5, 5.41) is 0. The Morgan fingerprint density at radius 3 is 1.85 bits per heavy atom. The summed E-state index contributed by atoms with van der Waals surface area (Å²) >= 11 is 0. The molecule has 2 rings (SSSR count). The van der Waals surface area contributed by atoms with Crippen LogP contribution in [-0.4, -0.2) is 5.97 Å². The van der Waals surface area contributed by atoms with Crippen molar-refractivity contribution in [2.75, 3.05) is 0 Å². The third-order valence-corrected chi connectivity index (χ3v) is 2.35. The van der Waals surface area contributed by atoms with Gasteiger partial charge in [0.15, 0.2) is 11.6 Å². The van der Waals surface area contributed by atoms with Crippen molar-refractivity contribution in [1.29, 1.82) is 0 Å². The number of carbonyl (C=O) groups is 1. The minimum absolute atomic E-state index is 0.0140. The van der Waals surface area contributed by atoms with Gasteiger partial charge >= 0.3 is 5.97 Å². The van der Waals surface area contributed by atoms with Crippen molar-refractivity contribution in [1.82, 2.24) is 0 Å². The van der Waals surface area contributed by atoms with Crippen LogP contribution < -0.4 is 4.74 Å². The molecule has 0 unspecified atom stereocenters. The molecule has 2 nitrogen and oxygen atoms in total. The molecule has 104 valence electrons. The van der Waals surface area contributed by atoms with Gasteiger partial charge in [0, 0.05) is 6.07 Å². The number of carbonyl (C=O) groups excluding carboxylic acids is 1. The number of ether oxygens (including phenoxy) is 1. The molecule has 7 heteroatoms. The molecule has 20 heavy (non-hydrogen) atoms. The first kappa shape index (κ1) is 14.0. The fourth-order valence-electron chi connectivity index (χ4n) is 1.38. The Labute approximate surface area is 109 Å². The highest BCUT2D eigenvalue weighted by Gasteiger charge is 2.23. The molecule has 0 saturated carbocycles. The molecule has 0 spiro atoms. The number of hydrogen-bond donors (Lipinski definition) is 0. The fourth-order valence-corrected chi connectivity index (χ4v) is 1.38. The van der Waals surface area contributed by atoms with E-state index in [0.29, 0.717) is 0 Å². The summed E-state index contributed by atoms with van der Waals surface area (Å²) in [4.78, 5) is 11.5. The Hall–Kier alpha value is -2.44. The lowest BCUT2D eigenvalue weighted by Crippen LogP contribution is -2.12. The Bertz CT molecular complexity index is 641. The van der Waals surface area contributed by atoms with Gasteiger partial charge < -0.3 is 4.74 Å². The minimum atomic E-state index is -1.83. The van der Waals surface area contributed by atoms with Gasteiger partial charge in [-0.25, -0.2) is 18.0 Å². The molecule has 0 N–H and O–H groups in total. The van der Waals surface area contributed by atoms with E-state index in [9.17, 15) is 26.7 Å². The average molecular weight is 288 g/mol. The first-order chi connectivity index (χ1) is 9.40. The summed E-state index contributed by atoms with van der Waals surface area (Å²) in [5.41, 5.74) is -0.241. The van der Waals surface area contributed by atoms with Gasteiger partial charge in [0.2, 0.25) is 17.4 Å². The molecule has 0 heterocycles. The SMILES string of the molecule is O=C(Oc1c(F)c(F)cc(F)c1F)c1ccc(F)cc1. The summed E-state index contributed by atoms with van der Waals surface area (Å²) in [6, 6.07) is 3.79. The van der Waals surface area contributed by atoms with Crippen LogP contribution in [0.5, 0.6) is 5.75 Å². The Morgan fingerprint density at radius 2 is 1.35 bits per heavy atom. The van der Waals surface area contributed by atoms with Crippen LogP contribution in [0.1, 0.15) is 10.4 Å². The molecular formula is C13H5F5O2. The van der Waals surface area contributed by atoms with Crippen LogP contribution in [0.3, 0.4) is 0 Å². The normalized spacial score (nSPS) is 10.4. The topological polar surface area (TPSA) is 26.3 Å². The Balaban J connectivity index is 2.35. The highest BCUT2D eigenvalue weighted by molar-refractivity contribution is 5.91. The van der Waals surface area contributed by atoms with Crippen LogP contribution >= 0.6 is 0 Å². The van der Waals surface area contributed by atoms with E-state index < -0.39 is 40.8 Å². The second kappa shape index (κ2) is 5.28. The number of halogens is 5. The molecule has 0 aliphatic heterocycles. The van der Waals surface area contributed by atoms with Crippen LogP contribution in [0.4, 0.5) is 22.0 Å². The van der Waals surface area contributed by atoms with Crippen LogP contribution in [0.15, 0.2) is 30.3 Å². The molecule has 0 atom stereocenters. The van der Waals surface area contributed by atoms with Gasteiger partial charge in [-0.1, -0.05) is 0 Å². The second-order valence-corrected chi connectivity index (χ2v) is 3.69. The van der Waals surface area contributed by atoms with Gasteiger partial charge in [-0.2, -0.15) is 8.78 Å². The molecule has 0 bridgehead atoms. The van der Waals surface area contributed by atoms with E-state index in [1.54, 1.807) is 0 Å². The maximum atomic E-state index is 13.3. The van der Waals surface area contributed by atoms with Crippen molar-refractivity contribution in [3.05, 3.63) is 65.0 Å². The van der Waals surface area contributed by atoms with Gasteiger partial charge in [0.1, 0.15) is 5.82 Å². The summed E-state index contributed by atoms with van der Waals surface area (Å²) in [7, 11) is 0. The molecule has 0 aromatic heterocycles. The van der Waals surface area contributed by atoms with Gasteiger partial charge in [-0.3, -0.25) is 0 Å². The van der Waals surface area contributed by atoms with E-state index in [1.807, 2.05) is 0 Å². The first-order valence-corrected chi connectivity index (χ1v) is 5.21. The molecule has 2 aromatic carbocycles. The van der Waals surface area contributed by atoms with Crippen LogP contribution in [-0.2, 0) is 0 Å². The largest absolute Gasteiger partial charge is 0.416 e. The summed E-state index contributed by atoms with van der Waals surface area (Å²) < 4.78 is 69.2. The van der Waals surface area contributed by atoms with Crippen molar-refractivity contribution >= 4 is 5.97 Å². The Kier molecular flexibility index (Phi) is 3.69. The number of benzene rings is 2. The highest BCUT2D eigenvalue weighted by atomic mass is 19.2. The molecular weight excluding hydrogens is 283 g/mol. The van der Waals surface area contributed by atoms with E-state index in [-0.39, 0.29) is 11.6 Å². The molecule has 2 aromatic rings. The van der Waals surface area contributed by atoms with E-state index in [2.05, 4.69) is 4.74 Å². The van der Waals surface area contributed by atoms with Crippen molar-refractivity contribution in [2.45, 2.75) is 0 Å². The molecule has 0 fully saturated rings. The average Bonchev–Trinajstić information content (AvgIpc) is 2.42. The molecule has 0 aliphatic rings. The monoisotopic (exact) mass is 288 g/mol. The van der Waals surface area contributed by atoms with Crippen molar-refractivity contribution in [3.63, 3.8) is 0 Å². The number of rotatable bonds is 2. The molecule has 0 radical (unpaired) electrons. The second-order valence-electron chi connectivity index (χ2n) is 3.69. The highest BCUT2D eigenvalue weighted by Crippen LogP contribution is 2.27. The quantitative estimate of drug-likeness (QED) is 0.365. The third-order valence-electron chi connectivity index (χ3n) is 2.35. The van der Waals surface area contributed by atoms with E-state index >= 15 is 0 Å². The summed E-state index contributed by atoms with van der Waals surface area (Å²) in [5.74, 6) is -10.5. The van der Waals surface area contributed by atoms with Gasteiger partial charge in [-0.05, 0) is 24.3 Å². The van der Waals surface area contributed by atoms with Crippen LogP contribution in [0.25, 0.3) is 0 Å². The zero-order valence-electron chi connectivity index (χ0n) is 9.59. The maximum Gasteiger partial charge on any atom is 0.343 e. The Morgan fingerprint density at radius 1 is 0.850 bits per heavy atom. The standard InChI is InChI=1S/C13H5F5O2/c14-7-3-1-6(2-4-7)13(19)20-12-10(17)8(15)5-9(16)11(12)18/h1-5H. The zero-order chi connectivity index (χ0) is 14.9. The zero-order valence-corrected chi connectivity index (χ0v) is 9.59. The van der Waals surface area contributed by atoms with Gasteiger partial charge in [-0.15, -0.1) is 0 Å². The lowest BCUT2D eigenvalue weighted by molar-refractivity contribution is 0.0717. The minimum Gasteiger partial charge on any atom is -0.416 e. The number of esters is 1. The smallest absolute Gasteiger partial charge is 0.343 e. The number of hydrogen-bond acceptors (Lipinski definition) is 2. The van der Waals surface area contributed by atoms with Gasteiger partial charge in [0.25, 0.3) is 0 Å². The summed E-state index contributed by atoms with van der Waals surface area (Å²) in [6.07, 6.45) is 0. The fraction of sp³-hybridized carbons (Fsp3) is 0.